The van der Waals surface area contributed by atoms with Crippen molar-refractivity contribution in [2.75, 3.05) is 0 Å². The van der Waals surface area contributed by atoms with Gasteiger partial charge in [0.25, 0.3) is 0 Å². The topological polar surface area (TPSA) is 49.3 Å². The van der Waals surface area contributed by atoms with Crippen LogP contribution in [0.3, 0.4) is 0 Å². The number of hydrogen-bond acceptors (Lipinski definition) is 2. The molecule has 0 spiro atoms. The predicted molar refractivity (Wildman–Crippen MR) is 76.5 cm³/mol. The number of benzene rings is 1. The molecule has 0 saturated heterocycles. The molecule has 102 valence electrons. The van der Waals surface area contributed by atoms with Crippen LogP contribution in [0.1, 0.15) is 46.2 Å². The highest BCUT2D eigenvalue weighted by Crippen LogP contribution is 2.27. The first-order valence-electron chi connectivity index (χ1n) is 6.08. The number of hydrogen-bond donors (Lipinski definition) is 2. The zero-order valence-electron chi connectivity index (χ0n) is 11.7. The molecule has 0 saturated carbocycles. The third-order valence-electron chi connectivity index (χ3n) is 2.62. The van der Waals surface area contributed by atoms with E-state index < -0.39 is 16.6 Å². The van der Waals surface area contributed by atoms with Gasteiger partial charge in [0.2, 0.25) is 0 Å². The van der Waals surface area contributed by atoms with E-state index in [1.54, 1.807) is 13.8 Å². The number of aliphatic hydroxyl groups is 1. The van der Waals surface area contributed by atoms with E-state index in [1.807, 2.05) is 51.1 Å². The lowest BCUT2D eigenvalue weighted by Gasteiger charge is -2.32. The molecule has 3 nitrogen and oxygen atoms in total. The van der Waals surface area contributed by atoms with Crippen LogP contribution in [0.4, 0.5) is 0 Å². The smallest absolute Gasteiger partial charge is 0.0976 e. The molecule has 1 aromatic rings. The standard InChI is InChI=1S/C14H23NO2S/c1-13(2,3)18(17)15-12(14(4,5)16)11-9-7-6-8-10-11/h6-10,12,15-16H,1-5H3/t12-,18?/m0/s1. The molecule has 0 aromatic heterocycles. The van der Waals surface area contributed by atoms with Gasteiger partial charge >= 0.3 is 0 Å². The normalized spacial score (nSPS) is 16.3. The average molecular weight is 269 g/mol. The first-order valence-corrected chi connectivity index (χ1v) is 7.23. The lowest BCUT2D eigenvalue weighted by atomic mass is 9.93. The molecule has 0 heterocycles. The molecule has 0 fully saturated rings. The maximum Gasteiger partial charge on any atom is 0.0976 e. The van der Waals surface area contributed by atoms with E-state index in [2.05, 4.69) is 4.72 Å². The first-order chi connectivity index (χ1) is 8.12. The number of rotatable bonds is 4. The van der Waals surface area contributed by atoms with Crippen molar-refractivity contribution in [2.45, 2.75) is 51.0 Å². The van der Waals surface area contributed by atoms with Crippen LogP contribution in [-0.4, -0.2) is 19.7 Å². The Bertz CT molecular complexity index is 404. The minimum Gasteiger partial charge on any atom is -0.388 e. The summed E-state index contributed by atoms with van der Waals surface area (Å²) in [6.07, 6.45) is 0. The molecule has 1 aromatic carbocycles. The van der Waals surface area contributed by atoms with Crippen molar-refractivity contribution in [1.82, 2.24) is 4.72 Å². The molecular formula is C14H23NO2S. The Morgan fingerprint density at radius 2 is 1.61 bits per heavy atom. The fourth-order valence-electron chi connectivity index (χ4n) is 1.55. The monoisotopic (exact) mass is 269 g/mol. The lowest BCUT2D eigenvalue weighted by molar-refractivity contribution is 0.0459. The van der Waals surface area contributed by atoms with E-state index in [-0.39, 0.29) is 10.8 Å². The molecule has 0 bridgehead atoms. The van der Waals surface area contributed by atoms with Crippen LogP contribution in [0, 0.1) is 0 Å². The summed E-state index contributed by atoms with van der Waals surface area (Å²) >= 11 is 0. The number of nitrogens with one attached hydrogen (secondary N) is 1. The maximum absolute atomic E-state index is 12.2. The minimum atomic E-state index is -1.22. The van der Waals surface area contributed by atoms with Crippen molar-refractivity contribution in [3.8, 4) is 0 Å². The van der Waals surface area contributed by atoms with E-state index in [1.165, 1.54) is 0 Å². The van der Waals surface area contributed by atoms with Crippen LogP contribution >= 0.6 is 0 Å². The van der Waals surface area contributed by atoms with E-state index in [9.17, 15) is 9.32 Å². The predicted octanol–water partition coefficient (Wildman–Crippen LogP) is 2.55. The summed E-state index contributed by atoms with van der Waals surface area (Å²) in [7, 11) is -1.22. The van der Waals surface area contributed by atoms with Gasteiger partial charge in [-0.05, 0) is 40.2 Å². The molecular weight excluding hydrogens is 246 g/mol. The summed E-state index contributed by atoms with van der Waals surface area (Å²) < 4.78 is 14.9. The van der Waals surface area contributed by atoms with Gasteiger partial charge in [-0.25, -0.2) is 8.93 Å². The van der Waals surface area contributed by atoms with Crippen LogP contribution in [0.5, 0.6) is 0 Å². The largest absolute Gasteiger partial charge is 0.388 e. The molecule has 2 atom stereocenters. The molecule has 1 unspecified atom stereocenters. The molecule has 0 aliphatic carbocycles. The summed E-state index contributed by atoms with van der Waals surface area (Å²) in [6, 6.07) is 9.24. The lowest BCUT2D eigenvalue weighted by Crippen LogP contribution is -2.44. The highest BCUT2D eigenvalue weighted by Gasteiger charge is 2.32. The SMILES string of the molecule is CC(C)(O)[C@@H](NS(=O)C(C)(C)C)c1ccccc1. The molecule has 0 amide bonds. The maximum atomic E-state index is 12.2. The molecule has 0 radical (unpaired) electrons. The zero-order chi connectivity index (χ0) is 14.0. The molecule has 1 rings (SSSR count). The van der Waals surface area contributed by atoms with Crippen molar-refractivity contribution in [3.63, 3.8) is 0 Å². The molecule has 0 aliphatic heterocycles. The van der Waals surface area contributed by atoms with Crippen molar-refractivity contribution >= 4 is 11.0 Å². The van der Waals surface area contributed by atoms with Crippen molar-refractivity contribution in [3.05, 3.63) is 35.9 Å². The van der Waals surface area contributed by atoms with Gasteiger partial charge in [0.15, 0.2) is 0 Å². The van der Waals surface area contributed by atoms with Gasteiger partial charge in [0, 0.05) is 0 Å². The van der Waals surface area contributed by atoms with Crippen LogP contribution in [0.15, 0.2) is 30.3 Å². The van der Waals surface area contributed by atoms with E-state index in [4.69, 9.17) is 0 Å². The van der Waals surface area contributed by atoms with Gasteiger partial charge in [-0.15, -0.1) is 0 Å². The van der Waals surface area contributed by atoms with E-state index in [0.717, 1.165) is 5.56 Å². The van der Waals surface area contributed by atoms with Gasteiger partial charge in [-0.3, -0.25) is 0 Å². The van der Waals surface area contributed by atoms with E-state index >= 15 is 0 Å². The summed E-state index contributed by atoms with van der Waals surface area (Å²) in [6.45, 7) is 9.16. The Kier molecular flexibility index (Phi) is 4.70. The fraction of sp³-hybridized carbons (Fsp3) is 0.571. The second-order valence-electron chi connectivity index (χ2n) is 6.00. The summed E-state index contributed by atoms with van der Waals surface area (Å²) in [5.74, 6) is 0. The summed E-state index contributed by atoms with van der Waals surface area (Å²) in [5, 5.41) is 10.2. The zero-order valence-corrected chi connectivity index (χ0v) is 12.5. The van der Waals surface area contributed by atoms with Gasteiger partial charge in [0.05, 0.1) is 27.4 Å². The second-order valence-corrected chi connectivity index (χ2v) is 7.99. The fourth-order valence-corrected chi connectivity index (χ4v) is 2.54. The van der Waals surface area contributed by atoms with E-state index in [0.29, 0.717) is 0 Å². The molecule has 2 N–H and O–H groups in total. The highest BCUT2D eigenvalue weighted by atomic mass is 32.2. The Hall–Kier alpha value is -0.710. The third-order valence-corrected chi connectivity index (χ3v) is 4.18. The Morgan fingerprint density at radius 1 is 1.11 bits per heavy atom. The van der Waals surface area contributed by atoms with Crippen LogP contribution < -0.4 is 4.72 Å². The van der Waals surface area contributed by atoms with Crippen LogP contribution in [0.25, 0.3) is 0 Å². The summed E-state index contributed by atoms with van der Waals surface area (Å²) in [4.78, 5) is 0. The van der Waals surface area contributed by atoms with Gasteiger partial charge < -0.3 is 5.11 Å². The van der Waals surface area contributed by atoms with Crippen LogP contribution in [0.2, 0.25) is 0 Å². The molecule has 18 heavy (non-hydrogen) atoms. The highest BCUT2D eigenvalue weighted by molar-refractivity contribution is 7.84. The molecule has 4 heteroatoms. The Balaban J connectivity index is 2.99. The minimum absolute atomic E-state index is 0.362. The summed E-state index contributed by atoms with van der Waals surface area (Å²) in [5.41, 5.74) is -0.0509. The van der Waals surface area contributed by atoms with Crippen molar-refractivity contribution in [1.29, 1.82) is 0 Å². The Labute approximate surface area is 112 Å². The third kappa shape index (κ3) is 4.19. The van der Waals surface area contributed by atoms with Gasteiger partial charge in [0.1, 0.15) is 0 Å². The Morgan fingerprint density at radius 3 is 2.00 bits per heavy atom. The first kappa shape index (κ1) is 15.3. The second kappa shape index (κ2) is 5.51. The van der Waals surface area contributed by atoms with Gasteiger partial charge in [-0.2, -0.15) is 0 Å². The van der Waals surface area contributed by atoms with Crippen LogP contribution in [-0.2, 0) is 11.0 Å². The van der Waals surface area contributed by atoms with Gasteiger partial charge in [-0.1, -0.05) is 30.3 Å². The molecule has 0 aliphatic rings. The quantitative estimate of drug-likeness (QED) is 0.882. The van der Waals surface area contributed by atoms with Crippen molar-refractivity contribution < 1.29 is 9.32 Å². The van der Waals surface area contributed by atoms with Crippen molar-refractivity contribution in [2.24, 2.45) is 0 Å². The average Bonchev–Trinajstić information content (AvgIpc) is 2.23.